The maximum Gasteiger partial charge on any atom is 0.270 e. The number of para-hydroxylation sites is 2. The van der Waals surface area contributed by atoms with Gasteiger partial charge in [-0.05, 0) is 18.2 Å². The van der Waals surface area contributed by atoms with Gasteiger partial charge >= 0.3 is 0 Å². The molecule has 0 aromatic heterocycles. The molecule has 6 nitrogen and oxygen atoms in total. The Hall–Kier alpha value is -2.76. The van der Waals surface area contributed by atoms with Gasteiger partial charge in [0, 0.05) is 17.7 Å². The number of nitro benzene ring substituents is 1. The first-order chi connectivity index (χ1) is 9.61. The average molecular weight is 274 g/mol. The van der Waals surface area contributed by atoms with Crippen LogP contribution in [0.5, 0.6) is 11.5 Å². The predicted octanol–water partition coefficient (Wildman–Crippen LogP) is 2.76. The second-order valence-corrected chi connectivity index (χ2v) is 4.08. The summed E-state index contributed by atoms with van der Waals surface area (Å²) in [5.41, 5.74) is 6.86. The van der Waals surface area contributed by atoms with Gasteiger partial charge in [0.15, 0.2) is 0 Å². The number of anilines is 1. The van der Waals surface area contributed by atoms with E-state index in [1.54, 1.807) is 30.3 Å². The number of hydrogen-bond donors (Lipinski definition) is 1. The van der Waals surface area contributed by atoms with E-state index in [1.165, 1.54) is 19.2 Å². The monoisotopic (exact) mass is 274 g/mol. The van der Waals surface area contributed by atoms with E-state index in [4.69, 9.17) is 15.2 Å². The average Bonchev–Trinajstić information content (AvgIpc) is 2.46. The van der Waals surface area contributed by atoms with Crippen LogP contribution in [0.2, 0.25) is 0 Å². The van der Waals surface area contributed by atoms with Gasteiger partial charge in [-0.2, -0.15) is 0 Å². The van der Waals surface area contributed by atoms with Crippen molar-refractivity contribution in [1.29, 1.82) is 0 Å². The standard InChI is InChI=1S/C14H14N2O4/c1-19-13-7-6-11(16(17)18)8-10(13)9-20-14-5-3-2-4-12(14)15/h2-8H,9,15H2,1H3. The SMILES string of the molecule is COc1ccc([N+](=O)[O-])cc1COc1ccccc1N. The predicted molar refractivity (Wildman–Crippen MR) is 74.8 cm³/mol. The lowest BCUT2D eigenvalue weighted by Crippen LogP contribution is -2.01. The zero-order chi connectivity index (χ0) is 14.5. The minimum atomic E-state index is -0.459. The van der Waals surface area contributed by atoms with Gasteiger partial charge in [-0.25, -0.2) is 0 Å². The van der Waals surface area contributed by atoms with Gasteiger partial charge in [-0.1, -0.05) is 12.1 Å². The first-order valence-electron chi connectivity index (χ1n) is 5.90. The van der Waals surface area contributed by atoms with Crippen molar-refractivity contribution in [2.24, 2.45) is 0 Å². The van der Waals surface area contributed by atoms with Crippen molar-refractivity contribution in [2.75, 3.05) is 12.8 Å². The summed E-state index contributed by atoms with van der Waals surface area (Å²) in [5.74, 6) is 1.06. The number of nitrogens with two attached hydrogens (primary N) is 1. The van der Waals surface area contributed by atoms with Crippen molar-refractivity contribution in [2.45, 2.75) is 6.61 Å². The van der Waals surface area contributed by atoms with Crippen molar-refractivity contribution in [3.63, 3.8) is 0 Å². The molecule has 0 saturated carbocycles. The molecule has 104 valence electrons. The summed E-state index contributed by atoms with van der Waals surface area (Å²) in [6.07, 6.45) is 0. The van der Waals surface area contributed by atoms with Crippen molar-refractivity contribution in [1.82, 2.24) is 0 Å². The zero-order valence-electron chi connectivity index (χ0n) is 10.9. The maximum atomic E-state index is 10.8. The molecule has 0 saturated heterocycles. The molecule has 2 aromatic carbocycles. The van der Waals surface area contributed by atoms with E-state index < -0.39 is 4.92 Å². The van der Waals surface area contributed by atoms with Crippen molar-refractivity contribution < 1.29 is 14.4 Å². The number of nitrogens with zero attached hydrogens (tertiary/aromatic N) is 1. The molecule has 2 rings (SSSR count). The Labute approximate surface area is 115 Å². The number of nitro groups is 1. The van der Waals surface area contributed by atoms with Crippen LogP contribution in [-0.2, 0) is 6.61 Å². The van der Waals surface area contributed by atoms with Crippen LogP contribution in [0.4, 0.5) is 11.4 Å². The smallest absolute Gasteiger partial charge is 0.270 e. The Morgan fingerprint density at radius 2 is 1.95 bits per heavy atom. The van der Waals surface area contributed by atoms with E-state index >= 15 is 0 Å². The highest BCUT2D eigenvalue weighted by atomic mass is 16.6. The first-order valence-corrected chi connectivity index (χ1v) is 5.90. The number of benzene rings is 2. The Morgan fingerprint density at radius 3 is 2.60 bits per heavy atom. The van der Waals surface area contributed by atoms with E-state index in [0.29, 0.717) is 22.7 Å². The number of ether oxygens (including phenoxy) is 2. The molecule has 0 aliphatic heterocycles. The van der Waals surface area contributed by atoms with Gasteiger partial charge in [-0.15, -0.1) is 0 Å². The fourth-order valence-electron chi connectivity index (χ4n) is 1.76. The van der Waals surface area contributed by atoms with Gasteiger partial charge in [0.1, 0.15) is 18.1 Å². The van der Waals surface area contributed by atoms with Crippen LogP contribution in [-0.4, -0.2) is 12.0 Å². The molecule has 2 aromatic rings. The fourth-order valence-corrected chi connectivity index (χ4v) is 1.76. The van der Waals surface area contributed by atoms with Crippen LogP contribution in [0.15, 0.2) is 42.5 Å². The molecule has 0 radical (unpaired) electrons. The summed E-state index contributed by atoms with van der Waals surface area (Å²) < 4.78 is 10.7. The fraction of sp³-hybridized carbons (Fsp3) is 0.143. The van der Waals surface area contributed by atoms with Crippen molar-refractivity contribution in [3.05, 3.63) is 58.1 Å². The van der Waals surface area contributed by atoms with Crippen LogP contribution in [0.1, 0.15) is 5.56 Å². The highest BCUT2D eigenvalue weighted by molar-refractivity contribution is 5.52. The van der Waals surface area contributed by atoms with E-state index in [2.05, 4.69) is 0 Å². The molecular formula is C14H14N2O4. The first kappa shape index (κ1) is 13.7. The minimum Gasteiger partial charge on any atom is -0.496 e. The Kier molecular flexibility index (Phi) is 4.05. The van der Waals surface area contributed by atoms with Gasteiger partial charge in [-0.3, -0.25) is 10.1 Å². The van der Waals surface area contributed by atoms with Crippen LogP contribution >= 0.6 is 0 Å². The van der Waals surface area contributed by atoms with Gasteiger partial charge in [0.05, 0.1) is 17.7 Å². The third-order valence-corrected chi connectivity index (χ3v) is 2.78. The highest BCUT2D eigenvalue weighted by Gasteiger charge is 2.12. The van der Waals surface area contributed by atoms with Gasteiger partial charge in [0.2, 0.25) is 0 Å². The van der Waals surface area contributed by atoms with Crippen LogP contribution in [0.3, 0.4) is 0 Å². The molecular weight excluding hydrogens is 260 g/mol. The summed E-state index contributed by atoms with van der Waals surface area (Å²) in [7, 11) is 1.50. The number of non-ortho nitro benzene ring substituents is 1. The topological polar surface area (TPSA) is 87.6 Å². The summed E-state index contributed by atoms with van der Waals surface area (Å²) in [6, 6.07) is 11.4. The molecule has 0 atom stereocenters. The number of methoxy groups -OCH3 is 1. The number of hydrogen-bond acceptors (Lipinski definition) is 5. The Morgan fingerprint density at radius 1 is 1.20 bits per heavy atom. The molecule has 0 amide bonds. The Bertz CT molecular complexity index is 628. The lowest BCUT2D eigenvalue weighted by atomic mass is 10.2. The van der Waals surface area contributed by atoms with E-state index in [1.807, 2.05) is 0 Å². The van der Waals surface area contributed by atoms with Crippen molar-refractivity contribution in [3.8, 4) is 11.5 Å². The molecule has 0 fully saturated rings. The van der Waals surface area contributed by atoms with Gasteiger partial charge in [0.25, 0.3) is 5.69 Å². The summed E-state index contributed by atoms with van der Waals surface area (Å²) in [4.78, 5) is 10.3. The minimum absolute atomic E-state index is 0.00886. The molecule has 0 spiro atoms. The van der Waals surface area contributed by atoms with E-state index in [9.17, 15) is 10.1 Å². The Balaban J connectivity index is 2.22. The second kappa shape index (κ2) is 5.92. The van der Waals surface area contributed by atoms with Crippen LogP contribution < -0.4 is 15.2 Å². The molecule has 0 aliphatic carbocycles. The zero-order valence-corrected chi connectivity index (χ0v) is 10.9. The largest absolute Gasteiger partial charge is 0.496 e. The summed E-state index contributed by atoms with van der Waals surface area (Å²) >= 11 is 0. The van der Waals surface area contributed by atoms with Crippen molar-refractivity contribution >= 4 is 11.4 Å². The van der Waals surface area contributed by atoms with Gasteiger partial charge < -0.3 is 15.2 Å². The highest BCUT2D eigenvalue weighted by Crippen LogP contribution is 2.27. The molecule has 0 aliphatic rings. The lowest BCUT2D eigenvalue weighted by molar-refractivity contribution is -0.385. The third kappa shape index (κ3) is 2.97. The molecule has 2 N–H and O–H groups in total. The number of nitrogen functional groups attached to an aromatic ring is 1. The van der Waals surface area contributed by atoms with Crippen LogP contribution in [0, 0.1) is 10.1 Å². The molecule has 20 heavy (non-hydrogen) atoms. The second-order valence-electron chi connectivity index (χ2n) is 4.08. The molecule has 6 heteroatoms. The third-order valence-electron chi connectivity index (χ3n) is 2.78. The molecule has 0 unspecified atom stereocenters. The normalized spacial score (nSPS) is 10.1. The van der Waals surface area contributed by atoms with Crippen LogP contribution in [0.25, 0.3) is 0 Å². The quantitative estimate of drug-likeness (QED) is 0.514. The van der Waals surface area contributed by atoms with E-state index in [-0.39, 0.29) is 12.3 Å². The molecule has 0 bridgehead atoms. The summed E-state index contributed by atoms with van der Waals surface area (Å²) in [6.45, 7) is 0.138. The van der Waals surface area contributed by atoms with E-state index in [0.717, 1.165) is 0 Å². The molecule has 0 heterocycles. The number of rotatable bonds is 5. The lowest BCUT2D eigenvalue weighted by Gasteiger charge is -2.11. The summed E-state index contributed by atoms with van der Waals surface area (Å²) in [5, 5.41) is 10.8. The maximum absolute atomic E-state index is 10.8.